The fourth-order valence-corrected chi connectivity index (χ4v) is 3.05. The molecule has 0 bridgehead atoms. The van der Waals surface area contributed by atoms with Crippen LogP contribution in [-0.4, -0.2) is 11.0 Å². The van der Waals surface area contributed by atoms with Gasteiger partial charge in [-0.2, -0.15) is 0 Å². The molecule has 1 N–H and O–H groups in total. The number of rotatable bonds is 3. The lowest BCUT2D eigenvalue weighted by atomic mass is 9.75. The van der Waals surface area contributed by atoms with Crippen molar-refractivity contribution in [1.82, 2.24) is 10.3 Å². The maximum atomic E-state index is 4.45. The summed E-state index contributed by atoms with van der Waals surface area (Å²) in [6.07, 6.45) is 5.29. The van der Waals surface area contributed by atoms with Gasteiger partial charge in [-0.25, -0.2) is 4.98 Å². The van der Waals surface area contributed by atoms with Gasteiger partial charge in [0.1, 0.15) is 4.60 Å². The second-order valence-corrected chi connectivity index (χ2v) is 6.60. The van der Waals surface area contributed by atoms with Crippen molar-refractivity contribution in [2.75, 3.05) is 0 Å². The predicted molar refractivity (Wildman–Crippen MR) is 74.8 cm³/mol. The molecule has 1 saturated carbocycles. The molecule has 17 heavy (non-hydrogen) atoms. The third-order valence-corrected chi connectivity index (χ3v) is 3.99. The van der Waals surface area contributed by atoms with Crippen LogP contribution < -0.4 is 5.32 Å². The lowest BCUT2D eigenvalue weighted by Gasteiger charge is -2.35. The van der Waals surface area contributed by atoms with E-state index in [-0.39, 0.29) is 0 Å². The average Bonchev–Trinajstić information content (AvgIpc) is 2.25. The summed E-state index contributed by atoms with van der Waals surface area (Å²) in [6.45, 7) is 5.62. The minimum absolute atomic E-state index is 0.501. The van der Waals surface area contributed by atoms with Crippen molar-refractivity contribution in [3.8, 4) is 0 Å². The first kappa shape index (κ1) is 13.0. The van der Waals surface area contributed by atoms with Crippen LogP contribution in [0.2, 0.25) is 0 Å². The first-order valence-corrected chi connectivity index (χ1v) is 7.19. The Labute approximate surface area is 112 Å². The second kappa shape index (κ2) is 5.49. The molecule has 0 amide bonds. The molecule has 1 aliphatic rings. The molecule has 0 spiro atoms. The monoisotopic (exact) mass is 296 g/mol. The Hall–Kier alpha value is -0.410. The fraction of sp³-hybridized carbons (Fsp3) is 0.643. The van der Waals surface area contributed by atoms with E-state index in [1.54, 1.807) is 0 Å². The van der Waals surface area contributed by atoms with E-state index >= 15 is 0 Å². The Bertz CT molecular complexity index is 376. The van der Waals surface area contributed by atoms with Gasteiger partial charge in [-0.3, -0.25) is 0 Å². The Morgan fingerprint density at radius 1 is 1.47 bits per heavy atom. The SMILES string of the molecule is CC1(C)CCCC(NCc2cccc(Br)n2)C1. The highest BCUT2D eigenvalue weighted by molar-refractivity contribution is 9.10. The van der Waals surface area contributed by atoms with Gasteiger partial charge < -0.3 is 5.32 Å². The Balaban J connectivity index is 1.86. The van der Waals surface area contributed by atoms with Crippen molar-refractivity contribution in [2.45, 2.75) is 52.1 Å². The maximum Gasteiger partial charge on any atom is 0.106 e. The number of aromatic nitrogens is 1. The van der Waals surface area contributed by atoms with Gasteiger partial charge in [-0.05, 0) is 52.7 Å². The van der Waals surface area contributed by atoms with Crippen LogP contribution in [0.3, 0.4) is 0 Å². The zero-order valence-corrected chi connectivity index (χ0v) is 12.3. The predicted octanol–water partition coefficient (Wildman–Crippen LogP) is 3.90. The molecule has 0 aliphatic heterocycles. The standard InChI is InChI=1S/C14H21BrN2/c1-14(2)8-4-6-11(9-14)16-10-12-5-3-7-13(15)17-12/h3,5,7,11,16H,4,6,8-10H2,1-2H3. The van der Waals surface area contributed by atoms with Crippen molar-refractivity contribution < 1.29 is 0 Å². The van der Waals surface area contributed by atoms with Crippen molar-refractivity contribution in [2.24, 2.45) is 5.41 Å². The smallest absolute Gasteiger partial charge is 0.106 e. The fourth-order valence-electron chi connectivity index (χ4n) is 2.67. The normalized spacial score (nSPS) is 23.6. The van der Waals surface area contributed by atoms with Crippen LogP contribution in [0, 0.1) is 5.41 Å². The second-order valence-electron chi connectivity index (χ2n) is 5.79. The first-order chi connectivity index (χ1) is 8.05. The zero-order chi connectivity index (χ0) is 12.3. The van der Waals surface area contributed by atoms with Crippen molar-refractivity contribution in [3.63, 3.8) is 0 Å². The van der Waals surface area contributed by atoms with Gasteiger partial charge in [0.25, 0.3) is 0 Å². The molecular formula is C14H21BrN2. The molecule has 1 aliphatic carbocycles. The van der Waals surface area contributed by atoms with Crippen LogP contribution in [0.25, 0.3) is 0 Å². The molecule has 0 aromatic carbocycles. The molecule has 2 rings (SSSR count). The van der Waals surface area contributed by atoms with E-state index in [0.29, 0.717) is 11.5 Å². The van der Waals surface area contributed by atoms with Gasteiger partial charge >= 0.3 is 0 Å². The molecule has 1 aromatic rings. The summed E-state index contributed by atoms with van der Waals surface area (Å²) in [5.41, 5.74) is 1.61. The van der Waals surface area contributed by atoms with Crippen molar-refractivity contribution >= 4 is 15.9 Å². The van der Waals surface area contributed by atoms with E-state index < -0.39 is 0 Å². The number of pyridine rings is 1. The van der Waals surface area contributed by atoms with Crippen LogP contribution in [0.5, 0.6) is 0 Å². The molecule has 0 saturated heterocycles. The summed E-state index contributed by atoms with van der Waals surface area (Å²) in [5, 5.41) is 3.64. The summed E-state index contributed by atoms with van der Waals surface area (Å²) in [6, 6.07) is 6.73. The Morgan fingerprint density at radius 2 is 2.29 bits per heavy atom. The van der Waals surface area contributed by atoms with E-state index in [2.05, 4.69) is 46.1 Å². The maximum absolute atomic E-state index is 4.45. The van der Waals surface area contributed by atoms with Crippen LogP contribution in [0.1, 0.15) is 45.2 Å². The third kappa shape index (κ3) is 4.07. The summed E-state index contributed by atoms with van der Waals surface area (Å²) in [5.74, 6) is 0. The van der Waals surface area contributed by atoms with Gasteiger partial charge in [-0.15, -0.1) is 0 Å². The third-order valence-electron chi connectivity index (χ3n) is 3.55. The molecule has 1 heterocycles. The van der Waals surface area contributed by atoms with Gasteiger partial charge in [0.2, 0.25) is 0 Å². The lowest BCUT2D eigenvalue weighted by molar-refractivity contribution is 0.197. The van der Waals surface area contributed by atoms with Crippen LogP contribution in [0.15, 0.2) is 22.8 Å². The summed E-state index contributed by atoms with van der Waals surface area (Å²) >= 11 is 3.41. The van der Waals surface area contributed by atoms with Gasteiger partial charge in [0, 0.05) is 12.6 Å². The summed E-state index contributed by atoms with van der Waals surface area (Å²) in [7, 11) is 0. The molecule has 94 valence electrons. The average molecular weight is 297 g/mol. The lowest BCUT2D eigenvalue weighted by Crippen LogP contribution is -2.37. The summed E-state index contributed by atoms with van der Waals surface area (Å²) < 4.78 is 0.917. The van der Waals surface area contributed by atoms with Crippen LogP contribution in [0.4, 0.5) is 0 Å². The zero-order valence-electron chi connectivity index (χ0n) is 10.7. The van der Waals surface area contributed by atoms with E-state index in [9.17, 15) is 0 Å². The van der Waals surface area contributed by atoms with Gasteiger partial charge in [-0.1, -0.05) is 26.3 Å². The highest BCUT2D eigenvalue weighted by Gasteiger charge is 2.27. The van der Waals surface area contributed by atoms with E-state index in [0.717, 1.165) is 16.8 Å². The number of nitrogens with zero attached hydrogens (tertiary/aromatic N) is 1. The molecule has 2 nitrogen and oxygen atoms in total. The molecule has 1 atom stereocenters. The molecular weight excluding hydrogens is 276 g/mol. The Kier molecular flexibility index (Phi) is 4.21. The van der Waals surface area contributed by atoms with Crippen LogP contribution >= 0.6 is 15.9 Å². The molecule has 1 aromatic heterocycles. The van der Waals surface area contributed by atoms with Gasteiger partial charge in [0.05, 0.1) is 5.69 Å². The number of halogens is 1. The van der Waals surface area contributed by atoms with Gasteiger partial charge in [0.15, 0.2) is 0 Å². The molecule has 1 unspecified atom stereocenters. The minimum atomic E-state index is 0.501. The number of nitrogens with one attached hydrogen (secondary N) is 1. The number of hydrogen-bond donors (Lipinski definition) is 1. The first-order valence-electron chi connectivity index (χ1n) is 6.40. The minimum Gasteiger partial charge on any atom is -0.308 e. The quantitative estimate of drug-likeness (QED) is 0.856. The van der Waals surface area contributed by atoms with E-state index in [1.165, 1.54) is 25.7 Å². The highest BCUT2D eigenvalue weighted by Crippen LogP contribution is 2.35. The van der Waals surface area contributed by atoms with Crippen LogP contribution in [-0.2, 0) is 6.54 Å². The van der Waals surface area contributed by atoms with Crippen molar-refractivity contribution in [1.29, 1.82) is 0 Å². The molecule has 3 heteroatoms. The topological polar surface area (TPSA) is 24.9 Å². The molecule has 1 fully saturated rings. The van der Waals surface area contributed by atoms with E-state index in [1.807, 2.05) is 12.1 Å². The van der Waals surface area contributed by atoms with Crippen molar-refractivity contribution in [3.05, 3.63) is 28.5 Å². The van der Waals surface area contributed by atoms with E-state index in [4.69, 9.17) is 0 Å². The number of hydrogen-bond acceptors (Lipinski definition) is 2. The Morgan fingerprint density at radius 3 is 3.00 bits per heavy atom. The summed E-state index contributed by atoms with van der Waals surface area (Å²) in [4.78, 5) is 4.45. The highest BCUT2D eigenvalue weighted by atomic mass is 79.9. The largest absolute Gasteiger partial charge is 0.308 e. The molecule has 0 radical (unpaired) electrons.